The summed E-state index contributed by atoms with van der Waals surface area (Å²) < 4.78 is 0. The molecular weight excluding hydrogens is 469 g/mol. The van der Waals surface area contributed by atoms with Crippen LogP contribution in [0.25, 0.3) is 0 Å². The molecule has 12 heteroatoms. The fourth-order valence-corrected chi connectivity index (χ4v) is 16.2. The highest BCUT2D eigenvalue weighted by atomic mass is 33.5. The van der Waals surface area contributed by atoms with Crippen molar-refractivity contribution in [1.29, 1.82) is 0 Å². The fourth-order valence-electron chi connectivity index (χ4n) is 0.518. The van der Waals surface area contributed by atoms with Gasteiger partial charge in [0.15, 0.2) is 0 Å². The topological polar surface area (TPSA) is 0 Å². The second-order valence-corrected chi connectivity index (χ2v) is 17.2. The Labute approximate surface area is 167 Å². The van der Waals surface area contributed by atoms with Crippen molar-refractivity contribution in [2.75, 3.05) is 38.3 Å². The van der Waals surface area contributed by atoms with Gasteiger partial charge in [0.1, 0.15) is 0 Å². The summed E-state index contributed by atoms with van der Waals surface area (Å²) in [6.07, 6.45) is 0. The van der Waals surface area contributed by atoms with E-state index in [0.717, 1.165) is 21.7 Å². The molecule has 0 fully saturated rings. The van der Waals surface area contributed by atoms with Gasteiger partial charge >= 0.3 is 0 Å². The molecule has 0 aliphatic heterocycles. The third-order valence-electron chi connectivity index (χ3n) is 1.06. The second kappa shape index (κ2) is 22.2. The second-order valence-electron chi connectivity index (χ2n) is 2.33. The molecule has 0 aromatic rings. The number of hydrogen-bond donors (Lipinski definition) is 2. The fraction of sp³-hybridized carbons (Fsp3) is 1.00. The Morgan fingerprint density at radius 2 is 1.11 bits per heavy atom. The van der Waals surface area contributed by atoms with Crippen LogP contribution in [-0.4, -0.2) is 38.3 Å². The van der Waals surface area contributed by atoms with Crippen molar-refractivity contribution < 1.29 is 0 Å². The van der Waals surface area contributed by atoms with Crippen LogP contribution in [0.2, 0.25) is 0 Å². The third-order valence-corrected chi connectivity index (χ3v) is 16.6. The van der Waals surface area contributed by atoms with Gasteiger partial charge in [0.05, 0.1) is 15.3 Å². The molecule has 0 N–H and O–H groups in total. The van der Waals surface area contributed by atoms with E-state index < -0.39 is 0 Å². The SMILES string of the molecule is SCCSSCSSSCSSCCSSCSS. The first-order valence-electron chi connectivity index (χ1n) is 4.93. The molecule has 0 radical (unpaired) electrons. The molecule has 0 unspecified atom stereocenters. The lowest BCUT2D eigenvalue weighted by molar-refractivity contribution is 1.58. The molecule has 0 nitrogen and oxygen atoms in total. The van der Waals surface area contributed by atoms with Crippen LogP contribution in [-0.2, 0) is 0 Å². The summed E-state index contributed by atoms with van der Waals surface area (Å²) in [6, 6.07) is 0. The summed E-state index contributed by atoms with van der Waals surface area (Å²) in [5.74, 6) is 4.57. The highest BCUT2D eigenvalue weighted by Crippen LogP contribution is 2.42. The quantitative estimate of drug-likeness (QED) is 0.0970. The maximum absolute atomic E-state index is 4.18. The van der Waals surface area contributed by atoms with Gasteiger partial charge in [0, 0.05) is 23.0 Å². The van der Waals surface area contributed by atoms with Gasteiger partial charge in [-0.2, -0.15) is 12.6 Å². The summed E-state index contributed by atoms with van der Waals surface area (Å²) in [5, 5.41) is 3.39. The molecule has 0 amide bonds. The van der Waals surface area contributed by atoms with Gasteiger partial charge in [-0.05, 0) is 9.83 Å². The van der Waals surface area contributed by atoms with Crippen LogP contribution < -0.4 is 0 Å². The van der Waals surface area contributed by atoms with E-state index in [1.54, 1.807) is 10.8 Å². The van der Waals surface area contributed by atoms with Crippen LogP contribution >= 0.6 is 131 Å². The molecule has 0 saturated heterocycles. The Kier molecular flexibility index (Phi) is 27.1. The van der Waals surface area contributed by atoms with Crippen molar-refractivity contribution in [1.82, 2.24) is 0 Å². The van der Waals surface area contributed by atoms with Crippen LogP contribution in [0.3, 0.4) is 0 Å². The normalized spacial score (nSPS) is 11.1. The Balaban J connectivity index is 2.88. The van der Waals surface area contributed by atoms with Gasteiger partial charge in [-0.15, -0.1) is 11.7 Å². The molecule has 0 saturated carbocycles. The smallest absolute Gasteiger partial charge is 0.0608 e. The minimum Gasteiger partial charge on any atom is -0.178 e. The monoisotopic (exact) mass is 484 g/mol. The highest BCUT2D eigenvalue weighted by Gasteiger charge is 1.96. The van der Waals surface area contributed by atoms with Gasteiger partial charge in [-0.1, -0.05) is 97.1 Å². The van der Waals surface area contributed by atoms with Crippen molar-refractivity contribution in [2.24, 2.45) is 0 Å². The third kappa shape index (κ3) is 22.2. The Morgan fingerprint density at radius 1 is 0.579 bits per heavy atom. The lowest BCUT2D eigenvalue weighted by Gasteiger charge is -2.01. The number of hydrogen-bond acceptors (Lipinski definition) is 12. The van der Waals surface area contributed by atoms with Crippen LogP contribution in [0.1, 0.15) is 0 Å². The van der Waals surface area contributed by atoms with E-state index in [4.69, 9.17) is 0 Å². The summed E-state index contributed by atoms with van der Waals surface area (Å²) >= 11 is 8.28. The van der Waals surface area contributed by atoms with Crippen LogP contribution in [0, 0.1) is 0 Å². The standard InChI is InChI=1S/C7H16S12/c8-1-2-11-15-6-17-19-18-7-16-13-4-3-12-14-5-10-9/h8-9H,1-7H2. The summed E-state index contributed by atoms with van der Waals surface area (Å²) in [4.78, 5) is 0. The molecule has 0 heterocycles. The van der Waals surface area contributed by atoms with Crippen molar-refractivity contribution in [3.63, 3.8) is 0 Å². The van der Waals surface area contributed by atoms with Gasteiger partial charge < -0.3 is 0 Å². The molecule has 0 aromatic heterocycles. The van der Waals surface area contributed by atoms with E-state index in [1.165, 1.54) is 16.6 Å². The molecule has 0 aliphatic carbocycles. The zero-order chi connectivity index (χ0) is 14.0. The van der Waals surface area contributed by atoms with Gasteiger partial charge in [-0.3, -0.25) is 0 Å². The van der Waals surface area contributed by atoms with Crippen molar-refractivity contribution in [3.05, 3.63) is 0 Å². The lowest BCUT2D eigenvalue weighted by Crippen LogP contribution is -1.78. The van der Waals surface area contributed by atoms with Gasteiger partial charge in [0.25, 0.3) is 0 Å². The molecule has 0 atom stereocenters. The Morgan fingerprint density at radius 3 is 1.63 bits per heavy atom. The average molecular weight is 485 g/mol. The maximum atomic E-state index is 4.18. The van der Waals surface area contributed by atoms with E-state index >= 15 is 0 Å². The molecule has 0 spiro atoms. The zero-order valence-electron chi connectivity index (χ0n) is 9.93. The minimum absolute atomic E-state index is 0.975. The van der Waals surface area contributed by atoms with Gasteiger partial charge in [0.2, 0.25) is 0 Å². The van der Waals surface area contributed by atoms with Crippen molar-refractivity contribution in [2.45, 2.75) is 0 Å². The predicted octanol–water partition coefficient (Wildman–Crippen LogP) is 7.54. The molecule has 0 aliphatic rings. The van der Waals surface area contributed by atoms with E-state index in [9.17, 15) is 0 Å². The maximum Gasteiger partial charge on any atom is 0.0608 e. The van der Waals surface area contributed by atoms with Gasteiger partial charge in [-0.25, -0.2) is 0 Å². The molecule has 116 valence electrons. The lowest BCUT2D eigenvalue weighted by atomic mass is 11.0. The summed E-state index contributed by atoms with van der Waals surface area (Å²) in [6.45, 7) is 0. The average Bonchev–Trinajstić information content (AvgIpc) is 2.43. The van der Waals surface area contributed by atoms with Crippen LogP contribution in [0.4, 0.5) is 0 Å². The van der Waals surface area contributed by atoms with Crippen molar-refractivity contribution in [3.8, 4) is 0 Å². The number of rotatable bonds is 16. The van der Waals surface area contributed by atoms with E-state index in [2.05, 4.69) is 24.3 Å². The van der Waals surface area contributed by atoms with Crippen LogP contribution in [0.15, 0.2) is 0 Å². The number of thiol groups is 2. The first kappa shape index (κ1) is 23.2. The van der Waals surface area contributed by atoms with Crippen LogP contribution in [0.5, 0.6) is 0 Å². The molecule has 0 bridgehead atoms. The van der Waals surface area contributed by atoms with E-state index in [1.807, 2.05) is 96.2 Å². The summed E-state index contributed by atoms with van der Waals surface area (Å²) in [5.41, 5.74) is 0. The molecular formula is C7H16S12. The first-order valence-corrected chi connectivity index (χ1v) is 18.9. The Bertz CT molecular complexity index is 141. The van der Waals surface area contributed by atoms with E-state index in [-0.39, 0.29) is 0 Å². The van der Waals surface area contributed by atoms with Crippen molar-refractivity contribution >= 4 is 131 Å². The predicted molar refractivity (Wildman–Crippen MR) is 128 cm³/mol. The molecule has 0 rings (SSSR count). The highest BCUT2D eigenvalue weighted by molar-refractivity contribution is 9.11. The minimum atomic E-state index is 0.975. The van der Waals surface area contributed by atoms with E-state index in [0.29, 0.717) is 0 Å². The zero-order valence-corrected chi connectivity index (χ0v) is 19.9. The molecule has 0 aromatic carbocycles. The summed E-state index contributed by atoms with van der Waals surface area (Å²) in [7, 11) is 19.0. The molecule has 19 heavy (non-hydrogen) atoms. The Hall–Kier alpha value is 4.20. The first-order chi connectivity index (χ1) is 9.41. The largest absolute Gasteiger partial charge is 0.178 e.